The molecule has 27 heavy (non-hydrogen) atoms. The van der Waals surface area contributed by atoms with Crippen LogP contribution in [0.5, 0.6) is 0 Å². The second kappa shape index (κ2) is 7.39. The minimum atomic E-state index is -1.57. The molecule has 2 aliphatic heterocycles. The first-order valence-corrected chi connectivity index (χ1v) is 9.36. The van der Waals surface area contributed by atoms with Crippen LogP contribution in [0.3, 0.4) is 0 Å². The molecule has 0 aromatic carbocycles. The summed E-state index contributed by atoms with van der Waals surface area (Å²) in [4.78, 5) is 11.8. The van der Waals surface area contributed by atoms with Gasteiger partial charge in [-0.1, -0.05) is 37.6 Å². The summed E-state index contributed by atoms with van der Waals surface area (Å²) >= 11 is 0. The molecule has 3 rings (SSSR count). The second-order valence-electron chi connectivity index (χ2n) is 7.90. The average molecular weight is 380 g/mol. The van der Waals surface area contributed by atoms with Gasteiger partial charge in [-0.2, -0.15) is 0 Å². The molecule has 0 bridgehead atoms. The zero-order valence-electron chi connectivity index (χ0n) is 15.9. The summed E-state index contributed by atoms with van der Waals surface area (Å²) in [5.41, 5.74) is -1.79. The molecule has 0 spiro atoms. The molecule has 1 aliphatic carbocycles. The second-order valence-corrected chi connectivity index (χ2v) is 7.90. The van der Waals surface area contributed by atoms with Gasteiger partial charge in [0.15, 0.2) is 12.2 Å². The topological polar surface area (TPSA) is 105 Å². The fourth-order valence-electron chi connectivity index (χ4n) is 3.96. The van der Waals surface area contributed by atoms with Crippen LogP contribution in [0.1, 0.15) is 40.0 Å². The van der Waals surface area contributed by atoms with E-state index in [2.05, 4.69) is 6.92 Å². The number of unbranched alkanes of at least 4 members (excludes halogenated alkanes) is 1. The highest BCUT2D eigenvalue weighted by molar-refractivity contribution is 5.65. The van der Waals surface area contributed by atoms with Gasteiger partial charge in [-0.15, -0.1) is 0 Å². The molecular weight excluding hydrogens is 352 g/mol. The molecule has 3 aliphatic rings. The number of hydrogen-bond donors (Lipinski definition) is 3. The Bertz CT molecular complexity index is 672. The number of carbonyl (C=O) groups is 1. The third-order valence-corrected chi connectivity index (χ3v) is 5.41. The van der Waals surface area contributed by atoms with Crippen molar-refractivity contribution in [2.45, 2.75) is 75.7 Å². The summed E-state index contributed by atoms with van der Waals surface area (Å²) in [5.74, 6) is 0. The number of allylic oxidation sites excluding steroid dienone is 3. The molecule has 7 nitrogen and oxygen atoms in total. The average Bonchev–Trinajstić information content (AvgIpc) is 3.15. The normalized spacial score (nSPS) is 36.3. The Morgan fingerprint density at radius 2 is 2.04 bits per heavy atom. The van der Waals surface area contributed by atoms with Crippen LogP contribution in [0.2, 0.25) is 0 Å². The van der Waals surface area contributed by atoms with E-state index >= 15 is 0 Å². The highest BCUT2D eigenvalue weighted by Gasteiger charge is 2.65. The third kappa shape index (κ3) is 3.57. The zero-order chi connectivity index (χ0) is 19.8. The van der Waals surface area contributed by atoms with Gasteiger partial charge in [-0.25, -0.2) is 4.79 Å². The first-order chi connectivity index (χ1) is 12.7. The summed E-state index contributed by atoms with van der Waals surface area (Å²) in [6.07, 6.45) is 5.26. The molecule has 2 fully saturated rings. The Kier molecular flexibility index (Phi) is 5.49. The first-order valence-electron chi connectivity index (χ1n) is 9.36. The van der Waals surface area contributed by atoms with Crippen LogP contribution in [-0.2, 0) is 14.2 Å². The molecular formula is C20H28O7. The van der Waals surface area contributed by atoms with Crippen LogP contribution in [0.4, 0.5) is 4.79 Å². The maximum atomic E-state index is 11.8. The van der Waals surface area contributed by atoms with E-state index in [4.69, 9.17) is 14.2 Å². The molecule has 0 aromatic heterocycles. The van der Waals surface area contributed by atoms with Crippen LogP contribution >= 0.6 is 0 Å². The van der Waals surface area contributed by atoms with Gasteiger partial charge < -0.3 is 29.5 Å². The van der Waals surface area contributed by atoms with E-state index < -0.39 is 41.8 Å². The lowest BCUT2D eigenvalue weighted by Crippen LogP contribution is -2.58. The van der Waals surface area contributed by atoms with E-state index in [1.54, 1.807) is 26.0 Å². The predicted molar refractivity (Wildman–Crippen MR) is 97.0 cm³/mol. The maximum Gasteiger partial charge on any atom is 0.509 e. The lowest BCUT2D eigenvalue weighted by Gasteiger charge is -2.40. The SMILES string of the molecule is CCCC=CC=CC1=C(CO)C2OC(C(C)(C)O)CC2(O)C2OC(=O)OC12. The van der Waals surface area contributed by atoms with Crippen LogP contribution in [0.25, 0.3) is 0 Å². The van der Waals surface area contributed by atoms with Crippen LogP contribution < -0.4 is 0 Å². The summed E-state index contributed by atoms with van der Waals surface area (Å²) in [6, 6.07) is 0. The number of fused-ring (bicyclic) bond motifs is 3. The molecule has 2 heterocycles. The van der Waals surface area contributed by atoms with E-state index in [0.29, 0.717) is 11.1 Å². The van der Waals surface area contributed by atoms with Crippen molar-refractivity contribution in [2.75, 3.05) is 6.61 Å². The first kappa shape index (κ1) is 20.1. The quantitative estimate of drug-likeness (QED) is 0.476. The third-order valence-electron chi connectivity index (χ3n) is 5.41. The molecule has 2 saturated heterocycles. The Hall–Kier alpha value is -1.67. The number of aliphatic hydroxyl groups excluding tert-OH is 1. The van der Waals surface area contributed by atoms with Crippen molar-refractivity contribution >= 4 is 6.16 Å². The largest absolute Gasteiger partial charge is 0.509 e. The number of aliphatic hydroxyl groups is 3. The monoisotopic (exact) mass is 380 g/mol. The van der Waals surface area contributed by atoms with Crippen molar-refractivity contribution in [3.63, 3.8) is 0 Å². The van der Waals surface area contributed by atoms with E-state index in [1.807, 2.05) is 12.2 Å². The van der Waals surface area contributed by atoms with Crippen molar-refractivity contribution in [3.05, 3.63) is 35.5 Å². The van der Waals surface area contributed by atoms with Gasteiger partial charge in [-0.3, -0.25) is 0 Å². The van der Waals surface area contributed by atoms with Crippen molar-refractivity contribution in [3.8, 4) is 0 Å². The van der Waals surface area contributed by atoms with Gasteiger partial charge in [0.1, 0.15) is 11.7 Å². The molecule has 150 valence electrons. The summed E-state index contributed by atoms with van der Waals surface area (Å²) in [6.45, 7) is 4.90. The number of carbonyl (C=O) groups excluding carboxylic acids is 1. The molecule has 7 heteroatoms. The fraction of sp³-hybridized carbons (Fsp3) is 0.650. The smallest absolute Gasteiger partial charge is 0.423 e. The molecule has 0 saturated carbocycles. The van der Waals surface area contributed by atoms with Crippen molar-refractivity contribution in [2.24, 2.45) is 0 Å². The van der Waals surface area contributed by atoms with Crippen molar-refractivity contribution < 1.29 is 34.3 Å². The number of rotatable bonds is 6. The van der Waals surface area contributed by atoms with Crippen molar-refractivity contribution in [1.82, 2.24) is 0 Å². The summed E-state index contributed by atoms with van der Waals surface area (Å²) < 4.78 is 16.5. The molecule has 3 N–H and O–H groups in total. The van der Waals surface area contributed by atoms with Gasteiger partial charge in [0.05, 0.1) is 18.3 Å². The number of hydrogen-bond acceptors (Lipinski definition) is 7. The number of ether oxygens (including phenoxy) is 3. The van der Waals surface area contributed by atoms with Crippen LogP contribution in [0.15, 0.2) is 35.5 Å². The lowest BCUT2D eigenvalue weighted by molar-refractivity contribution is -0.120. The Morgan fingerprint density at radius 3 is 2.67 bits per heavy atom. The standard InChI is InChI=1S/C20H28O7/c1-4-5-6-7-8-9-12-13(11-21)16-20(24,10-14(25-16)19(2,3)23)17-15(12)26-18(22)27-17/h6-9,14-17,21,23-24H,4-5,10-11H2,1-3H3. The van der Waals surface area contributed by atoms with Crippen LogP contribution in [0, 0.1) is 0 Å². The molecule has 0 amide bonds. The minimum Gasteiger partial charge on any atom is -0.423 e. The van der Waals surface area contributed by atoms with E-state index in [0.717, 1.165) is 12.8 Å². The zero-order valence-corrected chi connectivity index (χ0v) is 15.9. The lowest BCUT2D eigenvalue weighted by atomic mass is 9.72. The van der Waals surface area contributed by atoms with E-state index in [9.17, 15) is 20.1 Å². The Labute approximate surface area is 158 Å². The highest BCUT2D eigenvalue weighted by atomic mass is 16.8. The van der Waals surface area contributed by atoms with Crippen LogP contribution in [-0.4, -0.2) is 63.7 Å². The van der Waals surface area contributed by atoms with Gasteiger partial charge in [0.2, 0.25) is 0 Å². The Morgan fingerprint density at radius 1 is 1.30 bits per heavy atom. The van der Waals surface area contributed by atoms with Gasteiger partial charge in [0, 0.05) is 12.0 Å². The molecule has 0 radical (unpaired) electrons. The summed E-state index contributed by atoms with van der Waals surface area (Å²) in [5, 5.41) is 31.7. The maximum absolute atomic E-state index is 11.8. The minimum absolute atomic E-state index is 0.0653. The van der Waals surface area contributed by atoms with Crippen molar-refractivity contribution in [1.29, 1.82) is 0 Å². The van der Waals surface area contributed by atoms with Gasteiger partial charge in [0.25, 0.3) is 0 Å². The fourth-order valence-corrected chi connectivity index (χ4v) is 3.96. The molecule has 5 atom stereocenters. The van der Waals surface area contributed by atoms with Gasteiger partial charge in [-0.05, 0) is 25.8 Å². The van der Waals surface area contributed by atoms with E-state index in [1.165, 1.54) is 0 Å². The van der Waals surface area contributed by atoms with Gasteiger partial charge >= 0.3 is 6.16 Å². The summed E-state index contributed by atoms with van der Waals surface area (Å²) in [7, 11) is 0. The predicted octanol–water partition coefficient (Wildman–Crippen LogP) is 1.76. The van der Waals surface area contributed by atoms with E-state index in [-0.39, 0.29) is 13.0 Å². The Balaban J connectivity index is 2.00. The molecule has 0 aromatic rings. The highest BCUT2D eigenvalue weighted by Crippen LogP contribution is 2.49. The molecule has 5 unspecified atom stereocenters.